The monoisotopic (exact) mass is 559 g/mol. The molecule has 0 aliphatic heterocycles. The van der Waals surface area contributed by atoms with Crippen molar-refractivity contribution in [2.45, 2.75) is 70.1 Å². The molecule has 1 aromatic heterocycles. The molecule has 4 amide bonds. The van der Waals surface area contributed by atoms with Gasteiger partial charge in [-0.1, -0.05) is 26.0 Å². The van der Waals surface area contributed by atoms with Crippen LogP contribution in [0.5, 0.6) is 5.75 Å². The standard InChI is InChI=1S/C26H37N7O7/c1-14(2)9-18(27)23(36)32-21(11-16-12-29-13-30-16)25(38)33-20(10-15-3-5-17(34)6-4-15)24(37)31-19(26(39)40)7-8-22(28)35/h3-6,12-14,18-21,34H,7-11,27H2,1-2H3,(H2,28,35)(H,29,30)(H,31,37)(H,32,36)(H,33,38)(H,39,40). The fraction of sp³-hybridized carbons (Fsp3) is 0.462. The number of phenolic OH excluding ortho intramolecular Hbond substituents is 1. The predicted molar refractivity (Wildman–Crippen MR) is 143 cm³/mol. The molecule has 0 spiro atoms. The molecule has 2 rings (SSSR count). The number of H-pyrrole nitrogens is 1. The zero-order valence-electron chi connectivity index (χ0n) is 22.4. The SMILES string of the molecule is CC(C)CC(N)C(=O)NC(Cc1cnc[nH]1)C(=O)NC(Cc1ccc(O)cc1)C(=O)NC(CCC(N)=O)C(=O)O. The zero-order valence-corrected chi connectivity index (χ0v) is 22.4. The number of primary amides is 1. The summed E-state index contributed by atoms with van der Waals surface area (Å²) >= 11 is 0. The number of aliphatic carboxylic acids is 1. The number of nitrogens with two attached hydrogens (primary N) is 2. The first-order valence-corrected chi connectivity index (χ1v) is 12.8. The average Bonchev–Trinajstić information content (AvgIpc) is 3.39. The molecule has 1 aromatic carbocycles. The fourth-order valence-corrected chi connectivity index (χ4v) is 3.88. The number of phenols is 1. The van der Waals surface area contributed by atoms with Crippen molar-refractivity contribution >= 4 is 29.6 Å². The summed E-state index contributed by atoms with van der Waals surface area (Å²) < 4.78 is 0. The third-order valence-electron chi connectivity index (χ3n) is 5.98. The molecule has 218 valence electrons. The number of imidazole rings is 1. The van der Waals surface area contributed by atoms with E-state index in [0.29, 0.717) is 17.7 Å². The van der Waals surface area contributed by atoms with E-state index in [9.17, 15) is 34.2 Å². The van der Waals surface area contributed by atoms with Gasteiger partial charge < -0.3 is 42.6 Å². The van der Waals surface area contributed by atoms with Gasteiger partial charge in [0.15, 0.2) is 0 Å². The Morgan fingerprint density at radius 2 is 1.50 bits per heavy atom. The number of carbonyl (C=O) groups is 5. The van der Waals surface area contributed by atoms with Gasteiger partial charge in [-0.2, -0.15) is 0 Å². The van der Waals surface area contributed by atoms with Crippen LogP contribution in [0.25, 0.3) is 0 Å². The number of hydrogen-bond donors (Lipinski definition) is 8. The van der Waals surface area contributed by atoms with Crippen LogP contribution in [0, 0.1) is 5.92 Å². The first-order valence-electron chi connectivity index (χ1n) is 12.8. The van der Waals surface area contributed by atoms with Crippen molar-refractivity contribution in [2.75, 3.05) is 0 Å². The van der Waals surface area contributed by atoms with Gasteiger partial charge in [-0.25, -0.2) is 9.78 Å². The molecule has 0 aliphatic carbocycles. The molecule has 14 heteroatoms. The third kappa shape index (κ3) is 10.7. The summed E-state index contributed by atoms with van der Waals surface area (Å²) in [5.41, 5.74) is 12.2. The number of carboxylic acid groups (broad SMARTS) is 1. The van der Waals surface area contributed by atoms with Crippen LogP contribution in [0.15, 0.2) is 36.8 Å². The summed E-state index contributed by atoms with van der Waals surface area (Å²) in [7, 11) is 0. The Morgan fingerprint density at radius 1 is 0.925 bits per heavy atom. The number of aromatic hydroxyl groups is 1. The Kier molecular flexibility index (Phi) is 12.1. The van der Waals surface area contributed by atoms with Crippen molar-refractivity contribution in [1.82, 2.24) is 25.9 Å². The van der Waals surface area contributed by atoms with E-state index in [1.807, 2.05) is 13.8 Å². The van der Waals surface area contributed by atoms with Crippen LogP contribution in [-0.4, -0.2) is 73.9 Å². The number of carboxylic acids is 1. The molecule has 40 heavy (non-hydrogen) atoms. The Labute approximate surface area is 231 Å². The normalized spacial score (nSPS) is 14.0. The number of rotatable bonds is 16. The number of nitrogens with one attached hydrogen (secondary N) is 4. The van der Waals surface area contributed by atoms with Gasteiger partial charge in [0.25, 0.3) is 0 Å². The fourth-order valence-electron chi connectivity index (χ4n) is 3.88. The number of carbonyl (C=O) groups excluding carboxylic acids is 4. The van der Waals surface area contributed by atoms with Crippen molar-refractivity contribution < 1.29 is 34.2 Å². The lowest BCUT2D eigenvalue weighted by Gasteiger charge is -2.25. The van der Waals surface area contributed by atoms with Crippen LogP contribution in [-0.2, 0) is 36.8 Å². The first kappa shape index (κ1) is 31.8. The first-order chi connectivity index (χ1) is 18.8. The highest BCUT2D eigenvalue weighted by molar-refractivity contribution is 5.94. The predicted octanol–water partition coefficient (Wildman–Crippen LogP) is -0.922. The lowest BCUT2D eigenvalue weighted by molar-refractivity contribution is -0.142. The molecule has 0 bridgehead atoms. The van der Waals surface area contributed by atoms with Crippen LogP contribution >= 0.6 is 0 Å². The summed E-state index contributed by atoms with van der Waals surface area (Å²) in [6.45, 7) is 3.81. The van der Waals surface area contributed by atoms with E-state index in [4.69, 9.17) is 11.5 Å². The number of aromatic amines is 1. The smallest absolute Gasteiger partial charge is 0.326 e. The van der Waals surface area contributed by atoms with E-state index in [1.165, 1.54) is 24.7 Å². The van der Waals surface area contributed by atoms with E-state index in [0.717, 1.165) is 0 Å². The molecule has 4 atom stereocenters. The number of benzene rings is 1. The molecule has 0 saturated heterocycles. The zero-order chi connectivity index (χ0) is 29.8. The van der Waals surface area contributed by atoms with Gasteiger partial charge in [-0.15, -0.1) is 0 Å². The van der Waals surface area contributed by atoms with E-state index in [2.05, 4.69) is 25.9 Å². The Hall–Kier alpha value is -4.46. The van der Waals surface area contributed by atoms with Crippen LogP contribution in [0.4, 0.5) is 0 Å². The highest BCUT2D eigenvalue weighted by Gasteiger charge is 2.31. The molecule has 4 unspecified atom stereocenters. The molecule has 1 heterocycles. The van der Waals surface area contributed by atoms with Gasteiger partial charge in [-0.05, 0) is 36.5 Å². The summed E-state index contributed by atoms with van der Waals surface area (Å²) in [6.07, 6.45) is 2.70. The number of amides is 4. The highest BCUT2D eigenvalue weighted by Crippen LogP contribution is 2.13. The number of aromatic nitrogens is 2. The van der Waals surface area contributed by atoms with Gasteiger partial charge in [0.1, 0.15) is 23.9 Å². The number of hydrogen-bond acceptors (Lipinski definition) is 8. The van der Waals surface area contributed by atoms with Crippen LogP contribution < -0.4 is 27.4 Å². The van der Waals surface area contributed by atoms with Crippen LogP contribution in [0.3, 0.4) is 0 Å². The minimum atomic E-state index is -1.44. The molecule has 0 radical (unpaired) electrons. The summed E-state index contributed by atoms with van der Waals surface area (Å²) in [6, 6.07) is 1.15. The quantitative estimate of drug-likeness (QED) is 0.127. The summed E-state index contributed by atoms with van der Waals surface area (Å²) in [5, 5.41) is 26.7. The minimum absolute atomic E-state index is 0.00810. The largest absolute Gasteiger partial charge is 0.508 e. The lowest BCUT2D eigenvalue weighted by Crippen LogP contribution is -2.58. The topological polar surface area (TPSA) is 243 Å². The number of nitrogens with zero attached hydrogens (tertiary/aromatic N) is 1. The van der Waals surface area contributed by atoms with E-state index < -0.39 is 53.8 Å². The maximum absolute atomic E-state index is 13.4. The summed E-state index contributed by atoms with van der Waals surface area (Å²) in [4.78, 5) is 69.0. The summed E-state index contributed by atoms with van der Waals surface area (Å²) in [5.74, 6) is -4.09. The average molecular weight is 560 g/mol. The molecule has 0 aliphatic rings. The van der Waals surface area contributed by atoms with Crippen molar-refractivity contribution in [2.24, 2.45) is 17.4 Å². The van der Waals surface area contributed by atoms with Gasteiger partial charge in [0.05, 0.1) is 12.4 Å². The van der Waals surface area contributed by atoms with Crippen LogP contribution in [0.1, 0.15) is 44.4 Å². The van der Waals surface area contributed by atoms with Gasteiger partial charge in [0, 0.05) is 31.2 Å². The second kappa shape index (κ2) is 15.2. The maximum Gasteiger partial charge on any atom is 0.326 e. The van der Waals surface area contributed by atoms with Crippen molar-refractivity contribution in [3.8, 4) is 5.75 Å². The molecular weight excluding hydrogens is 522 g/mol. The van der Waals surface area contributed by atoms with Crippen molar-refractivity contribution in [3.63, 3.8) is 0 Å². The lowest BCUT2D eigenvalue weighted by atomic mass is 10.0. The maximum atomic E-state index is 13.4. The second-order valence-electron chi connectivity index (χ2n) is 9.91. The third-order valence-corrected chi connectivity index (χ3v) is 5.98. The van der Waals surface area contributed by atoms with Gasteiger partial charge in [-0.3, -0.25) is 19.2 Å². The van der Waals surface area contributed by atoms with Gasteiger partial charge in [0.2, 0.25) is 23.6 Å². The Bertz CT molecular complexity index is 1150. The van der Waals surface area contributed by atoms with Crippen LogP contribution in [0.2, 0.25) is 0 Å². The molecular formula is C26H37N7O7. The van der Waals surface area contributed by atoms with E-state index >= 15 is 0 Å². The second-order valence-corrected chi connectivity index (χ2v) is 9.91. The Morgan fingerprint density at radius 3 is 2.02 bits per heavy atom. The van der Waals surface area contributed by atoms with Gasteiger partial charge >= 0.3 is 5.97 Å². The van der Waals surface area contributed by atoms with Crippen molar-refractivity contribution in [1.29, 1.82) is 0 Å². The minimum Gasteiger partial charge on any atom is -0.508 e. The molecule has 0 saturated carbocycles. The highest BCUT2D eigenvalue weighted by atomic mass is 16.4. The van der Waals surface area contributed by atoms with Crippen molar-refractivity contribution in [3.05, 3.63) is 48.0 Å². The molecule has 10 N–H and O–H groups in total. The molecule has 2 aromatic rings. The van der Waals surface area contributed by atoms with E-state index in [-0.39, 0.29) is 37.4 Å². The van der Waals surface area contributed by atoms with E-state index in [1.54, 1.807) is 12.1 Å². The Balaban J connectivity index is 2.29. The molecule has 0 fully saturated rings. The molecule has 14 nitrogen and oxygen atoms in total.